The van der Waals surface area contributed by atoms with Crippen LogP contribution in [0.3, 0.4) is 0 Å². The topological polar surface area (TPSA) is 113 Å². The van der Waals surface area contributed by atoms with Crippen molar-refractivity contribution in [3.05, 3.63) is 71.7 Å². The summed E-state index contributed by atoms with van der Waals surface area (Å²) in [7, 11) is 0. The van der Waals surface area contributed by atoms with Crippen molar-refractivity contribution in [2.24, 2.45) is 5.92 Å². The zero-order valence-electron chi connectivity index (χ0n) is 16.3. The van der Waals surface area contributed by atoms with Gasteiger partial charge in [0, 0.05) is 12.4 Å². The molecular formula is C21H22FN5O3. The van der Waals surface area contributed by atoms with Gasteiger partial charge in [-0.2, -0.15) is 5.10 Å². The van der Waals surface area contributed by atoms with E-state index in [1.807, 2.05) is 6.92 Å². The molecule has 1 aliphatic rings. The van der Waals surface area contributed by atoms with Crippen LogP contribution >= 0.6 is 0 Å². The van der Waals surface area contributed by atoms with Crippen LogP contribution in [0.5, 0.6) is 0 Å². The largest absolute Gasteiger partial charge is 0.390 e. The average molecular weight is 411 g/mol. The zero-order chi connectivity index (χ0) is 21.3. The average Bonchev–Trinajstić information content (AvgIpc) is 3.29. The Kier molecular flexibility index (Phi) is 5.56. The Morgan fingerprint density at radius 3 is 2.87 bits per heavy atom. The summed E-state index contributed by atoms with van der Waals surface area (Å²) in [5.41, 5.74) is 1.14. The predicted molar refractivity (Wildman–Crippen MR) is 106 cm³/mol. The van der Waals surface area contributed by atoms with E-state index in [1.54, 1.807) is 29.1 Å². The molecule has 4 rings (SSSR count). The Hall–Kier alpha value is -3.17. The molecule has 0 amide bonds. The van der Waals surface area contributed by atoms with Crippen LogP contribution in [-0.2, 0) is 6.54 Å². The molecule has 3 N–H and O–H groups in total. The van der Waals surface area contributed by atoms with Gasteiger partial charge in [-0.25, -0.2) is 14.4 Å². The highest BCUT2D eigenvalue weighted by Gasteiger charge is 2.39. The summed E-state index contributed by atoms with van der Waals surface area (Å²) in [6.45, 7) is 2.18. The number of hydrogen-bond acceptors (Lipinski definition) is 7. The van der Waals surface area contributed by atoms with E-state index in [0.29, 0.717) is 13.0 Å². The van der Waals surface area contributed by atoms with Gasteiger partial charge in [-0.05, 0) is 36.1 Å². The lowest BCUT2D eigenvalue weighted by molar-refractivity contribution is 0.0210. The fourth-order valence-electron chi connectivity index (χ4n) is 3.72. The van der Waals surface area contributed by atoms with Crippen LogP contribution in [0.1, 0.15) is 35.0 Å². The normalized spacial score (nSPS) is 23.5. The second kappa shape index (κ2) is 8.29. The van der Waals surface area contributed by atoms with Crippen LogP contribution in [0.25, 0.3) is 0 Å². The van der Waals surface area contributed by atoms with E-state index in [4.69, 9.17) is 0 Å². The first kappa shape index (κ1) is 20.1. The summed E-state index contributed by atoms with van der Waals surface area (Å²) in [6, 6.07) is 7.33. The van der Waals surface area contributed by atoms with Crippen LogP contribution in [0, 0.1) is 11.7 Å². The molecule has 1 fully saturated rings. The van der Waals surface area contributed by atoms with E-state index < -0.39 is 18.2 Å². The Morgan fingerprint density at radius 1 is 1.30 bits per heavy atom. The molecule has 0 bridgehead atoms. The fourth-order valence-corrected chi connectivity index (χ4v) is 3.72. The van der Waals surface area contributed by atoms with Crippen molar-refractivity contribution in [2.45, 2.75) is 38.1 Å². The summed E-state index contributed by atoms with van der Waals surface area (Å²) in [5.74, 6) is -0.504. The smallest absolute Gasteiger partial charge is 0.218 e. The number of aliphatic hydroxyl groups excluding tert-OH is 2. The standard InChI is InChI=1S/C21H22FN5O3/c1-12-7-17(20(30)18(12)28)25-21-15(9-23-11-24-21)19(29)16-5-6-27(26-16)10-13-3-2-4-14(22)8-13/h2-6,8-9,11-12,17-18,20,28,30H,7,10H2,1H3,(H,23,24,25)/t12-,17-,18-,20+/m1/s1. The molecule has 0 radical (unpaired) electrons. The van der Waals surface area contributed by atoms with Crippen molar-refractivity contribution in [2.75, 3.05) is 5.32 Å². The van der Waals surface area contributed by atoms with E-state index in [9.17, 15) is 19.4 Å². The molecule has 0 unspecified atom stereocenters. The highest BCUT2D eigenvalue weighted by Crippen LogP contribution is 2.29. The minimum atomic E-state index is -0.955. The number of aromatic nitrogens is 4. The molecule has 1 aromatic carbocycles. The molecule has 0 saturated heterocycles. The Labute approximate surface area is 172 Å². The first-order valence-corrected chi connectivity index (χ1v) is 9.67. The summed E-state index contributed by atoms with van der Waals surface area (Å²) in [6.07, 6.45) is 3.11. The van der Waals surface area contributed by atoms with Crippen LogP contribution in [0.2, 0.25) is 0 Å². The van der Waals surface area contributed by atoms with E-state index in [1.165, 1.54) is 24.7 Å². The number of carbonyl (C=O) groups is 1. The van der Waals surface area contributed by atoms with Gasteiger partial charge in [0.15, 0.2) is 0 Å². The monoisotopic (exact) mass is 411 g/mol. The minimum Gasteiger partial charge on any atom is -0.390 e. The second-order valence-corrected chi connectivity index (χ2v) is 7.59. The Morgan fingerprint density at radius 2 is 2.13 bits per heavy atom. The highest BCUT2D eigenvalue weighted by atomic mass is 19.1. The minimum absolute atomic E-state index is 0.0722. The summed E-state index contributed by atoms with van der Waals surface area (Å²) >= 11 is 0. The maximum absolute atomic E-state index is 13.4. The molecule has 2 aromatic heterocycles. The zero-order valence-corrected chi connectivity index (χ0v) is 16.3. The molecule has 2 heterocycles. The van der Waals surface area contributed by atoms with Gasteiger partial charge in [0.2, 0.25) is 5.78 Å². The molecule has 1 saturated carbocycles. The van der Waals surface area contributed by atoms with Crippen LogP contribution in [0.4, 0.5) is 10.2 Å². The molecule has 156 valence electrons. The van der Waals surface area contributed by atoms with Crippen molar-refractivity contribution in [1.82, 2.24) is 19.7 Å². The third-order valence-electron chi connectivity index (χ3n) is 5.36. The molecule has 0 aliphatic heterocycles. The van der Waals surface area contributed by atoms with Crippen LogP contribution in [-0.4, -0.2) is 54.0 Å². The number of hydrogen-bond donors (Lipinski definition) is 3. The van der Waals surface area contributed by atoms with Crippen molar-refractivity contribution < 1.29 is 19.4 Å². The molecular weight excluding hydrogens is 389 g/mol. The first-order valence-electron chi connectivity index (χ1n) is 9.67. The number of halogens is 1. The lowest BCUT2D eigenvalue weighted by atomic mass is 10.1. The molecule has 3 aromatic rings. The van der Waals surface area contributed by atoms with Gasteiger partial charge in [0.1, 0.15) is 29.8 Å². The molecule has 9 heteroatoms. The summed E-state index contributed by atoms with van der Waals surface area (Å²) < 4.78 is 14.9. The summed E-state index contributed by atoms with van der Waals surface area (Å²) in [4.78, 5) is 21.1. The van der Waals surface area contributed by atoms with Gasteiger partial charge in [-0.3, -0.25) is 9.48 Å². The molecule has 4 atom stereocenters. The maximum Gasteiger partial charge on any atom is 0.218 e. The van der Waals surface area contributed by atoms with Crippen molar-refractivity contribution in [3.8, 4) is 0 Å². The Balaban J connectivity index is 1.52. The number of nitrogens with zero attached hydrogens (tertiary/aromatic N) is 4. The SMILES string of the molecule is C[C@@H]1C[C@@H](Nc2ncncc2C(=O)c2ccn(Cc3cccc(F)c3)n2)[C@H](O)[C@@H]1O. The first-order chi connectivity index (χ1) is 14.4. The fraction of sp³-hybridized carbons (Fsp3) is 0.333. The van der Waals surface area contributed by atoms with Gasteiger partial charge in [0.25, 0.3) is 0 Å². The van der Waals surface area contributed by atoms with Gasteiger partial charge in [0.05, 0.1) is 24.3 Å². The number of carbonyl (C=O) groups excluding carboxylic acids is 1. The van der Waals surface area contributed by atoms with E-state index in [2.05, 4.69) is 20.4 Å². The third kappa shape index (κ3) is 4.07. The molecule has 1 aliphatic carbocycles. The molecule has 8 nitrogen and oxygen atoms in total. The van der Waals surface area contributed by atoms with Crippen molar-refractivity contribution in [1.29, 1.82) is 0 Å². The van der Waals surface area contributed by atoms with Gasteiger partial charge < -0.3 is 15.5 Å². The van der Waals surface area contributed by atoms with E-state index in [-0.39, 0.29) is 34.6 Å². The lowest BCUT2D eigenvalue weighted by Crippen LogP contribution is -2.35. The van der Waals surface area contributed by atoms with Crippen LogP contribution in [0.15, 0.2) is 49.1 Å². The lowest BCUT2D eigenvalue weighted by Gasteiger charge is -2.19. The van der Waals surface area contributed by atoms with Gasteiger partial charge in [-0.1, -0.05) is 19.1 Å². The number of nitrogens with one attached hydrogen (secondary N) is 1. The van der Waals surface area contributed by atoms with E-state index >= 15 is 0 Å². The Bertz CT molecular complexity index is 1060. The summed E-state index contributed by atoms with van der Waals surface area (Å²) in [5, 5.41) is 27.6. The van der Waals surface area contributed by atoms with Crippen LogP contribution < -0.4 is 5.32 Å². The molecule has 0 spiro atoms. The highest BCUT2D eigenvalue weighted by molar-refractivity contribution is 6.10. The van der Waals surface area contributed by atoms with Crippen molar-refractivity contribution >= 4 is 11.6 Å². The quantitative estimate of drug-likeness (QED) is 0.529. The molecule has 30 heavy (non-hydrogen) atoms. The van der Waals surface area contributed by atoms with E-state index in [0.717, 1.165) is 5.56 Å². The predicted octanol–water partition coefficient (Wildman–Crippen LogP) is 1.63. The number of benzene rings is 1. The third-order valence-corrected chi connectivity index (χ3v) is 5.36. The number of ketones is 1. The number of rotatable bonds is 6. The number of anilines is 1. The van der Waals surface area contributed by atoms with Gasteiger partial charge >= 0.3 is 0 Å². The number of aliphatic hydroxyl groups is 2. The van der Waals surface area contributed by atoms with Gasteiger partial charge in [-0.15, -0.1) is 0 Å². The van der Waals surface area contributed by atoms with Crippen molar-refractivity contribution in [3.63, 3.8) is 0 Å². The maximum atomic E-state index is 13.4. The second-order valence-electron chi connectivity index (χ2n) is 7.59.